The zero-order valence-electron chi connectivity index (χ0n) is 12.5. The second-order valence-electron chi connectivity index (χ2n) is 5.64. The molecular formula is C14H26N2OS. The third kappa shape index (κ3) is 3.77. The van der Waals surface area contributed by atoms with E-state index in [0.717, 1.165) is 24.4 Å². The van der Waals surface area contributed by atoms with Crippen molar-refractivity contribution in [1.29, 1.82) is 0 Å². The molecule has 0 spiro atoms. The van der Waals surface area contributed by atoms with E-state index in [1.807, 2.05) is 6.20 Å². The zero-order valence-corrected chi connectivity index (χ0v) is 13.3. The summed E-state index contributed by atoms with van der Waals surface area (Å²) in [7, 11) is 1.78. The van der Waals surface area contributed by atoms with Gasteiger partial charge in [0.1, 0.15) is 10.6 Å². The maximum atomic E-state index is 5.71. The molecule has 0 saturated heterocycles. The lowest BCUT2D eigenvalue weighted by molar-refractivity contribution is -0.0218. The Balaban J connectivity index is 2.79. The monoisotopic (exact) mass is 270 g/mol. The van der Waals surface area contributed by atoms with Crippen molar-refractivity contribution in [2.45, 2.75) is 65.1 Å². The van der Waals surface area contributed by atoms with Gasteiger partial charge in [-0.15, -0.1) is 11.3 Å². The van der Waals surface area contributed by atoms with Gasteiger partial charge in [-0.1, -0.05) is 13.8 Å². The van der Waals surface area contributed by atoms with E-state index in [0.29, 0.717) is 0 Å². The second kappa shape index (κ2) is 6.13. The van der Waals surface area contributed by atoms with Gasteiger partial charge in [0.05, 0.1) is 0 Å². The molecule has 0 radical (unpaired) electrons. The molecule has 0 unspecified atom stereocenters. The first kappa shape index (κ1) is 15.6. The zero-order chi connectivity index (χ0) is 13.8. The minimum Gasteiger partial charge on any atom is -0.371 e. The van der Waals surface area contributed by atoms with Crippen LogP contribution in [0.1, 0.15) is 57.3 Å². The van der Waals surface area contributed by atoms with Gasteiger partial charge in [-0.3, -0.25) is 0 Å². The van der Waals surface area contributed by atoms with Crippen LogP contribution in [0.2, 0.25) is 0 Å². The highest BCUT2D eigenvalue weighted by Gasteiger charge is 2.31. The number of ether oxygens (including phenoxy) is 1. The molecule has 0 amide bonds. The van der Waals surface area contributed by atoms with Crippen LogP contribution >= 0.6 is 11.3 Å². The van der Waals surface area contributed by atoms with Gasteiger partial charge in [0.25, 0.3) is 0 Å². The Morgan fingerprint density at radius 2 is 1.89 bits per heavy atom. The minimum absolute atomic E-state index is 0.137. The van der Waals surface area contributed by atoms with E-state index in [9.17, 15) is 0 Å². The number of hydrogen-bond donors (Lipinski definition) is 1. The van der Waals surface area contributed by atoms with Gasteiger partial charge >= 0.3 is 0 Å². The summed E-state index contributed by atoms with van der Waals surface area (Å²) in [4.78, 5) is 5.82. The number of nitrogens with one attached hydrogen (secondary N) is 1. The lowest BCUT2D eigenvalue weighted by Crippen LogP contribution is -2.34. The Kier molecular flexibility index (Phi) is 5.32. The van der Waals surface area contributed by atoms with Crippen LogP contribution in [0.4, 0.5) is 0 Å². The highest BCUT2D eigenvalue weighted by molar-refractivity contribution is 7.11. The number of aromatic nitrogens is 1. The quantitative estimate of drug-likeness (QED) is 0.856. The Morgan fingerprint density at radius 3 is 2.33 bits per heavy atom. The minimum atomic E-state index is -0.204. The van der Waals surface area contributed by atoms with Gasteiger partial charge in [0.15, 0.2) is 0 Å². The van der Waals surface area contributed by atoms with E-state index in [1.165, 1.54) is 4.88 Å². The Morgan fingerprint density at radius 1 is 1.28 bits per heavy atom. The molecule has 0 aliphatic rings. The number of thiazole rings is 1. The van der Waals surface area contributed by atoms with Crippen molar-refractivity contribution in [3.05, 3.63) is 16.1 Å². The summed E-state index contributed by atoms with van der Waals surface area (Å²) < 4.78 is 5.71. The Bertz CT molecular complexity index is 356. The summed E-state index contributed by atoms with van der Waals surface area (Å²) in [5.74, 6) is 0. The van der Waals surface area contributed by atoms with E-state index >= 15 is 0 Å². The summed E-state index contributed by atoms with van der Waals surface area (Å²) >= 11 is 1.76. The number of methoxy groups -OCH3 is 1. The molecule has 1 heterocycles. The number of nitrogens with zero attached hydrogens (tertiary/aromatic N) is 1. The molecule has 18 heavy (non-hydrogen) atoms. The fourth-order valence-corrected chi connectivity index (χ4v) is 3.04. The average Bonchev–Trinajstić information content (AvgIpc) is 2.78. The van der Waals surface area contributed by atoms with Crippen LogP contribution in [0.25, 0.3) is 0 Å². The molecule has 0 atom stereocenters. The molecule has 0 aromatic carbocycles. The highest BCUT2D eigenvalue weighted by Crippen LogP contribution is 2.35. The third-order valence-electron chi connectivity index (χ3n) is 3.27. The first-order valence-corrected chi connectivity index (χ1v) is 7.44. The smallest absolute Gasteiger partial charge is 0.125 e. The highest BCUT2D eigenvalue weighted by atomic mass is 32.1. The molecule has 104 valence electrons. The molecule has 1 aromatic heterocycles. The second-order valence-corrected chi connectivity index (χ2v) is 6.76. The topological polar surface area (TPSA) is 34.1 Å². The predicted molar refractivity (Wildman–Crippen MR) is 78.0 cm³/mol. The molecular weight excluding hydrogens is 244 g/mol. The van der Waals surface area contributed by atoms with Crippen LogP contribution in [0, 0.1) is 0 Å². The number of hydrogen-bond acceptors (Lipinski definition) is 4. The van der Waals surface area contributed by atoms with Crippen LogP contribution in [-0.4, -0.2) is 17.6 Å². The molecule has 1 aromatic rings. The summed E-state index contributed by atoms with van der Waals surface area (Å²) in [6, 6.07) is 0. The van der Waals surface area contributed by atoms with Gasteiger partial charge in [-0.05, 0) is 33.6 Å². The molecule has 1 rings (SSSR count). The average molecular weight is 270 g/mol. The predicted octanol–water partition coefficient (Wildman–Crippen LogP) is 3.69. The molecule has 3 nitrogen and oxygen atoms in total. The first-order valence-electron chi connectivity index (χ1n) is 6.62. The van der Waals surface area contributed by atoms with E-state index < -0.39 is 0 Å². The summed E-state index contributed by atoms with van der Waals surface area (Å²) in [6.45, 7) is 11.7. The van der Waals surface area contributed by atoms with Crippen molar-refractivity contribution >= 4 is 11.3 Å². The van der Waals surface area contributed by atoms with Gasteiger partial charge in [0.2, 0.25) is 0 Å². The Labute approximate surface area is 115 Å². The SMILES string of the molecule is CCC(CC)(OC)c1ncc(CNC(C)(C)C)s1. The van der Waals surface area contributed by atoms with Gasteiger partial charge < -0.3 is 10.1 Å². The van der Waals surface area contributed by atoms with Crippen LogP contribution < -0.4 is 5.32 Å². The van der Waals surface area contributed by atoms with Crippen LogP contribution in [-0.2, 0) is 16.9 Å². The summed E-state index contributed by atoms with van der Waals surface area (Å²) in [5.41, 5.74) is -0.0668. The molecule has 0 aliphatic heterocycles. The van der Waals surface area contributed by atoms with E-state index in [-0.39, 0.29) is 11.1 Å². The van der Waals surface area contributed by atoms with Gasteiger partial charge in [0, 0.05) is 30.3 Å². The van der Waals surface area contributed by atoms with E-state index in [4.69, 9.17) is 4.74 Å². The van der Waals surface area contributed by atoms with Crippen molar-refractivity contribution in [3.63, 3.8) is 0 Å². The molecule has 4 heteroatoms. The molecule has 0 aliphatic carbocycles. The molecule has 1 N–H and O–H groups in total. The fourth-order valence-electron chi connectivity index (χ4n) is 1.88. The maximum Gasteiger partial charge on any atom is 0.125 e. The van der Waals surface area contributed by atoms with Crippen molar-refractivity contribution in [2.24, 2.45) is 0 Å². The van der Waals surface area contributed by atoms with Crippen molar-refractivity contribution in [1.82, 2.24) is 10.3 Å². The first-order chi connectivity index (χ1) is 8.37. The Hall–Kier alpha value is -0.450. The maximum absolute atomic E-state index is 5.71. The lowest BCUT2D eigenvalue weighted by atomic mass is 9.98. The number of rotatable bonds is 6. The van der Waals surface area contributed by atoms with E-state index in [1.54, 1.807) is 18.4 Å². The lowest BCUT2D eigenvalue weighted by Gasteiger charge is -2.27. The van der Waals surface area contributed by atoms with Crippen LogP contribution in [0.5, 0.6) is 0 Å². The normalized spacial score (nSPS) is 13.0. The van der Waals surface area contributed by atoms with Crippen molar-refractivity contribution < 1.29 is 4.74 Å². The van der Waals surface area contributed by atoms with Gasteiger partial charge in [-0.2, -0.15) is 0 Å². The largest absolute Gasteiger partial charge is 0.371 e. The van der Waals surface area contributed by atoms with Crippen LogP contribution in [0.15, 0.2) is 6.20 Å². The fraction of sp³-hybridized carbons (Fsp3) is 0.786. The molecule has 0 fully saturated rings. The summed E-state index contributed by atoms with van der Waals surface area (Å²) in [5, 5.41) is 4.58. The van der Waals surface area contributed by atoms with Crippen molar-refractivity contribution in [3.8, 4) is 0 Å². The third-order valence-corrected chi connectivity index (χ3v) is 4.45. The standard InChI is InChI=1S/C14H26N2OS/c1-7-14(8-2,17-6)12-15-9-11(18-12)10-16-13(3,4)5/h9,16H,7-8,10H2,1-6H3. The van der Waals surface area contributed by atoms with Gasteiger partial charge in [-0.25, -0.2) is 4.98 Å². The molecule has 0 saturated carbocycles. The van der Waals surface area contributed by atoms with Crippen LogP contribution in [0.3, 0.4) is 0 Å². The summed E-state index contributed by atoms with van der Waals surface area (Å²) in [6.07, 6.45) is 3.89. The molecule has 0 bridgehead atoms. The van der Waals surface area contributed by atoms with E-state index in [2.05, 4.69) is 44.9 Å². The van der Waals surface area contributed by atoms with Crippen molar-refractivity contribution in [2.75, 3.05) is 7.11 Å².